The van der Waals surface area contributed by atoms with Crippen LogP contribution in [0.25, 0.3) is 0 Å². The summed E-state index contributed by atoms with van der Waals surface area (Å²) in [5, 5.41) is 0. The predicted molar refractivity (Wildman–Crippen MR) is 155 cm³/mol. The van der Waals surface area contributed by atoms with E-state index in [0.29, 0.717) is 31.3 Å². The quantitative estimate of drug-likeness (QED) is 0.280. The van der Waals surface area contributed by atoms with Crippen LogP contribution in [0.2, 0.25) is 0 Å². The van der Waals surface area contributed by atoms with Crippen molar-refractivity contribution < 1.29 is 33.4 Å². The number of nitrogens with zero attached hydrogens (tertiary/aromatic N) is 2. The van der Waals surface area contributed by atoms with Gasteiger partial charge in [-0.3, -0.25) is 9.59 Å². The van der Waals surface area contributed by atoms with Crippen LogP contribution < -0.4 is 5.73 Å². The molecule has 0 radical (unpaired) electrons. The van der Waals surface area contributed by atoms with E-state index in [9.17, 15) is 19.2 Å². The van der Waals surface area contributed by atoms with E-state index in [1.165, 1.54) is 0 Å². The molecule has 0 atom stereocenters. The van der Waals surface area contributed by atoms with Crippen LogP contribution in [-0.2, 0) is 23.8 Å². The summed E-state index contributed by atoms with van der Waals surface area (Å²) in [7, 11) is 0. The molecule has 10 nitrogen and oxygen atoms in total. The van der Waals surface area contributed by atoms with E-state index in [1.807, 2.05) is 48.5 Å². The summed E-state index contributed by atoms with van der Waals surface area (Å²) in [6.07, 6.45) is 8.25. The number of rotatable bonds is 9. The minimum absolute atomic E-state index is 0.108. The van der Waals surface area contributed by atoms with Crippen molar-refractivity contribution in [1.29, 1.82) is 0 Å². The van der Waals surface area contributed by atoms with E-state index in [4.69, 9.17) is 19.9 Å². The Bertz CT molecular complexity index is 788. The number of carbonyl (C=O) groups is 4. The molecule has 0 saturated carbocycles. The van der Waals surface area contributed by atoms with Crippen LogP contribution in [0.1, 0.15) is 113 Å². The van der Waals surface area contributed by atoms with Gasteiger partial charge in [0.05, 0.1) is 6.61 Å². The van der Waals surface area contributed by atoms with Crippen LogP contribution in [0.3, 0.4) is 0 Å². The number of amides is 3. The van der Waals surface area contributed by atoms with E-state index < -0.39 is 11.2 Å². The first-order chi connectivity index (χ1) is 18.6. The van der Waals surface area contributed by atoms with E-state index >= 15 is 0 Å². The van der Waals surface area contributed by atoms with Gasteiger partial charge in [0.15, 0.2) is 0 Å². The monoisotopic (exact) mass is 569 g/mol. The zero-order valence-corrected chi connectivity index (χ0v) is 26.1. The summed E-state index contributed by atoms with van der Waals surface area (Å²) in [4.78, 5) is 49.3. The SMILES string of the molecule is CC(C)(C)OC(=O)N1CCC(CCCC(N)=O)CC1.CCOC(=O)CCCC1CCN(C(=O)OC(C)(C)C)CC1. The highest BCUT2D eigenvalue weighted by Gasteiger charge is 2.28. The topological polar surface area (TPSA) is 128 Å². The highest BCUT2D eigenvalue weighted by Crippen LogP contribution is 2.25. The standard InChI is InChI=1S/C16H29NO4.C14H26N2O3/c1-5-20-14(18)8-6-7-13-9-11-17(12-10-13)15(19)21-16(2,3)4;1-14(2,3)19-13(18)16-9-7-11(8-10-16)5-4-6-12(15)17/h13H,5-12H2,1-4H3;11H,4-10H2,1-3H3,(H2,15,17). The molecule has 0 aromatic carbocycles. The summed E-state index contributed by atoms with van der Waals surface area (Å²) in [5.74, 6) is 0.853. The van der Waals surface area contributed by atoms with Crippen molar-refractivity contribution in [2.75, 3.05) is 32.8 Å². The number of piperidine rings is 2. The second kappa shape index (κ2) is 17.3. The highest BCUT2D eigenvalue weighted by molar-refractivity contribution is 5.73. The Hall–Kier alpha value is -2.52. The Balaban J connectivity index is 0.000000402. The summed E-state index contributed by atoms with van der Waals surface area (Å²) < 4.78 is 15.6. The lowest BCUT2D eigenvalue weighted by atomic mass is 9.92. The van der Waals surface area contributed by atoms with Gasteiger partial charge < -0.3 is 29.7 Å². The molecule has 0 unspecified atom stereocenters. The van der Waals surface area contributed by atoms with Gasteiger partial charge >= 0.3 is 18.2 Å². The van der Waals surface area contributed by atoms with Crippen molar-refractivity contribution in [1.82, 2.24) is 9.80 Å². The van der Waals surface area contributed by atoms with Gasteiger partial charge in [-0.05, 0) is 112 Å². The van der Waals surface area contributed by atoms with Crippen LogP contribution in [0.5, 0.6) is 0 Å². The molecule has 2 saturated heterocycles. The average Bonchev–Trinajstić information content (AvgIpc) is 2.83. The molecule has 10 heteroatoms. The van der Waals surface area contributed by atoms with Crippen molar-refractivity contribution in [3.8, 4) is 0 Å². The maximum atomic E-state index is 11.9. The number of nitrogens with two attached hydrogens (primary N) is 1. The third kappa shape index (κ3) is 16.6. The van der Waals surface area contributed by atoms with Gasteiger partial charge in [-0.15, -0.1) is 0 Å². The van der Waals surface area contributed by atoms with E-state index in [0.717, 1.165) is 77.5 Å². The van der Waals surface area contributed by atoms with Crippen molar-refractivity contribution in [3.63, 3.8) is 0 Å². The molecule has 2 rings (SSSR count). The largest absolute Gasteiger partial charge is 0.466 e. The Morgan fingerprint density at radius 2 is 1.07 bits per heavy atom. The zero-order chi connectivity index (χ0) is 30.3. The summed E-state index contributed by atoms with van der Waals surface area (Å²) in [5.41, 5.74) is 4.25. The van der Waals surface area contributed by atoms with Crippen molar-refractivity contribution in [2.24, 2.45) is 17.6 Å². The third-order valence-corrected chi connectivity index (χ3v) is 6.87. The maximum absolute atomic E-state index is 11.9. The van der Waals surface area contributed by atoms with Gasteiger partial charge in [-0.1, -0.05) is 0 Å². The van der Waals surface area contributed by atoms with E-state index in [-0.39, 0.29) is 24.1 Å². The fourth-order valence-corrected chi connectivity index (χ4v) is 4.79. The second-order valence-electron chi connectivity index (χ2n) is 12.9. The molecule has 3 amide bonds. The zero-order valence-electron chi connectivity index (χ0n) is 26.1. The normalized spacial score (nSPS) is 17.0. The van der Waals surface area contributed by atoms with Gasteiger partial charge in [0.2, 0.25) is 5.91 Å². The van der Waals surface area contributed by atoms with Crippen LogP contribution in [0, 0.1) is 11.8 Å². The van der Waals surface area contributed by atoms with Crippen LogP contribution in [-0.4, -0.2) is 77.9 Å². The molecular weight excluding hydrogens is 514 g/mol. The molecule has 0 aromatic heterocycles. The first-order valence-electron chi connectivity index (χ1n) is 15.0. The molecule has 0 bridgehead atoms. The predicted octanol–water partition coefficient (Wildman–Crippen LogP) is 5.66. The smallest absolute Gasteiger partial charge is 0.410 e. The number of primary amides is 1. The number of likely N-dealkylation sites (tertiary alicyclic amines) is 2. The molecule has 2 aliphatic rings. The molecule has 2 N–H and O–H groups in total. The van der Waals surface area contributed by atoms with Crippen LogP contribution >= 0.6 is 0 Å². The highest BCUT2D eigenvalue weighted by atomic mass is 16.6. The maximum Gasteiger partial charge on any atom is 0.410 e. The second-order valence-corrected chi connectivity index (χ2v) is 12.9. The minimum Gasteiger partial charge on any atom is -0.466 e. The molecule has 40 heavy (non-hydrogen) atoms. The fourth-order valence-electron chi connectivity index (χ4n) is 4.79. The van der Waals surface area contributed by atoms with Crippen LogP contribution in [0.4, 0.5) is 9.59 Å². The number of carbonyl (C=O) groups excluding carboxylic acids is 4. The van der Waals surface area contributed by atoms with Gasteiger partial charge in [-0.2, -0.15) is 0 Å². The number of hydrogen-bond donors (Lipinski definition) is 1. The van der Waals surface area contributed by atoms with Gasteiger partial charge in [0.25, 0.3) is 0 Å². The van der Waals surface area contributed by atoms with E-state index in [1.54, 1.807) is 9.80 Å². The first kappa shape index (κ1) is 35.5. The van der Waals surface area contributed by atoms with E-state index in [2.05, 4.69) is 0 Å². The molecular formula is C30H55N3O7. The van der Waals surface area contributed by atoms with Gasteiger partial charge in [0.1, 0.15) is 11.2 Å². The number of esters is 1. The lowest BCUT2D eigenvalue weighted by Crippen LogP contribution is -2.41. The lowest BCUT2D eigenvalue weighted by Gasteiger charge is -2.33. The number of ether oxygens (including phenoxy) is 3. The molecule has 0 spiro atoms. The molecule has 2 heterocycles. The van der Waals surface area contributed by atoms with Crippen molar-refractivity contribution in [2.45, 2.75) is 124 Å². The fraction of sp³-hybridized carbons (Fsp3) is 0.867. The van der Waals surface area contributed by atoms with Crippen LogP contribution in [0.15, 0.2) is 0 Å². The lowest BCUT2D eigenvalue weighted by molar-refractivity contribution is -0.143. The summed E-state index contributed by atoms with van der Waals surface area (Å²) in [6.45, 7) is 16.5. The molecule has 0 aromatic rings. The molecule has 2 aliphatic heterocycles. The Labute approximate surface area is 241 Å². The van der Waals surface area contributed by atoms with Gasteiger partial charge in [-0.25, -0.2) is 9.59 Å². The molecule has 2 fully saturated rings. The Morgan fingerprint density at radius 1 is 0.700 bits per heavy atom. The Morgan fingerprint density at radius 3 is 1.40 bits per heavy atom. The molecule has 0 aliphatic carbocycles. The minimum atomic E-state index is -0.437. The van der Waals surface area contributed by atoms with Gasteiger partial charge in [0, 0.05) is 39.0 Å². The number of hydrogen-bond acceptors (Lipinski definition) is 7. The summed E-state index contributed by atoms with van der Waals surface area (Å²) >= 11 is 0. The average molecular weight is 570 g/mol. The first-order valence-corrected chi connectivity index (χ1v) is 15.0. The third-order valence-electron chi connectivity index (χ3n) is 6.87. The Kier molecular flexibility index (Phi) is 15.4. The summed E-state index contributed by atoms with van der Waals surface area (Å²) in [6, 6.07) is 0. The molecule has 232 valence electrons. The van der Waals surface area contributed by atoms with Crippen molar-refractivity contribution >= 4 is 24.1 Å². The van der Waals surface area contributed by atoms with Crippen molar-refractivity contribution in [3.05, 3.63) is 0 Å².